The fraction of sp³-hybridized carbons (Fsp3) is 0.391. The summed E-state index contributed by atoms with van der Waals surface area (Å²) in [5, 5.41) is 22.1. The molecule has 0 spiro atoms. The molecule has 0 aromatic heterocycles. The van der Waals surface area contributed by atoms with Crippen LogP contribution >= 0.6 is 0 Å². The average molecular weight is 536 g/mol. The molecule has 1 unspecified atom stereocenters. The maximum atomic E-state index is 13.3. The lowest BCUT2D eigenvalue weighted by Crippen LogP contribution is -2.46. The number of nitriles is 1. The molecule has 2 aromatic rings. The highest BCUT2D eigenvalue weighted by Gasteiger charge is 2.43. The molecule has 0 heterocycles. The van der Waals surface area contributed by atoms with Gasteiger partial charge in [0, 0.05) is 5.69 Å². The Hall–Kier alpha value is -3.11. The fourth-order valence-corrected chi connectivity index (χ4v) is 5.12. The van der Waals surface area contributed by atoms with E-state index in [-0.39, 0.29) is 12.3 Å². The third kappa shape index (κ3) is 7.20. The number of nitrogens with one attached hydrogen (secondary N) is 1. The highest BCUT2D eigenvalue weighted by Crippen LogP contribution is 2.35. The second-order valence-electron chi connectivity index (χ2n) is 8.53. The number of amides is 1. The van der Waals surface area contributed by atoms with E-state index in [1.807, 2.05) is 5.32 Å². The van der Waals surface area contributed by atoms with Crippen LogP contribution in [-0.2, 0) is 32.6 Å². The van der Waals surface area contributed by atoms with Crippen LogP contribution in [-0.4, -0.2) is 30.9 Å². The molecule has 0 bridgehead atoms. The van der Waals surface area contributed by atoms with E-state index in [4.69, 9.17) is 5.26 Å². The summed E-state index contributed by atoms with van der Waals surface area (Å²) in [6.07, 6.45) is -9.55. The van der Waals surface area contributed by atoms with Gasteiger partial charge in [-0.2, -0.15) is 31.6 Å². The van der Waals surface area contributed by atoms with Gasteiger partial charge in [-0.25, -0.2) is 8.42 Å². The van der Waals surface area contributed by atoms with Crippen molar-refractivity contribution in [3.63, 3.8) is 0 Å². The third-order valence-electron chi connectivity index (χ3n) is 5.20. The van der Waals surface area contributed by atoms with Crippen molar-refractivity contribution < 1.29 is 44.7 Å². The zero-order valence-corrected chi connectivity index (χ0v) is 19.9. The van der Waals surface area contributed by atoms with Crippen molar-refractivity contribution in [1.29, 1.82) is 5.26 Å². The van der Waals surface area contributed by atoms with Crippen molar-refractivity contribution in [2.45, 2.75) is 38.2 Å². The third-order valence-corrected chi connectivity index (χ3v) is 6.92. The molecule has 36 heavy (non-hydrogen) atoms. The number of halogens is 6. The van der Waals surface area contributed by atoms with Crippen LogP contribution in [0.2, 0.25) is 0 Å². The van der Waals surface area contributed by atoms with E-state index in [9.17, 15) is 44.7 Å². The number of aliphatic hydroxyl groups is 1. The van der Waals surface area contributed by atoms with Crippen LogP contribution in [0.3, 0.4) is 0 Å². The quantitative estimate of drug-likeness (QED) is 0.468. The zero-order valence-electron chi connectivity index (χ0n) is 19.0. The van der Waals surface area contributed by atoms with Crippen molar-refractivity contribution in [2.75, 3.05) is 16.8 Å². The second kappa shape index (κ2) is 10.5. The van der Waals surface area contributed by atoms with Crippen LogP contribution in [0, 0.1) is 17.2 Å². The van der Waals surface area contributed by atoms with Gasteiger partial charge in [0.15, 0.2) is 15.4 Å². The van der Waals surface area contributed by atoms with E-state index >= 15 is 0 Å². The topological polar surface area (TPSA) is 107 Å². The number of hydrogen-bond acceptors (Lipinski definition) is 5. The first-order valence-electron chi connectivity index (χ1n) is 10.4. The molecule has 2 aromatic carbocycles. The Morgan fingerprint density at radius 1 is 1.00 bits per heavy atom. The summed E-state index contributed by atoms with van der Waals surface area (Å²) in [5.41, 5.74) is -7.22. The van der Waals surface area contributed by atoms with Gasteiger partial charge < -0.3 is 10.4 Å². The minimum Gasteiger partial charge on any atom is -0.374 e. The number of sulfone groups is 1. The van der Waals surface area contributed by atoms with Crippen molar-refractivity contribution in [3.05, 3.63) is 64.7 Å². The molecule has 2 rings (SSSR count). The number of carbonyl (C=O) groups excluding carboxylic acids is 1. The normalized spacial score (nSPS) is 14.2. The monoisotopic (exact) mass is 536 g/mol. The van der Waals surface area contributed by atoms with Gasteiger partial charge in [-0.1, -0.05) is 26.0 Å². The van der Waals surface area contributed by atoms with Crippen LogP contribution in [0.15, 0.2) is 42.5 Å². The SMILES string of the molecule is CC(C)CCS(=O)(=O)CC(O)(C(=O)Nc1ccc(C#N)c(C(F)(F)F)c1)c1ccc(C(F)(F)F)cc1. The zero-order chi connectivity index (χ0) is 27.5. The Morgan fingerprint density at radius 3 is 2.03 bits per heavy atom. The van der Waals surface area contributed by atoms with Crippen molar-refractivity contribution in [3.8, 4) is 6.07 Å². The van der Waals surface area contributed by atoms with Gasteiger partial charge in [0.2, 0.25) is 0 Å². The summed E-state index contributed by atoms with van der Waals surface area (Å²) in [4.78, 5) is 13.1. The second-order valence-corrected chi connectivity index (χ2v) is 10.7. The molecule has 13 heteroatoms. The Labute approximate surface area is 203 Å². The predicted octanol–water partition coefficient (Wildman–Crippen LogP) is 4.88. The predicted molar refractivity (Wildman–Crippen MR) is 118 cm³/mol. The molecular weight excluding hydrogens is 514 g/mol. The van der Waals surface area contributed by atoms with E-state index in [0.29, 0.717) is 18.2 Å². The molecule has 196 valence electrons. The number of alkyl halides is 6. The van der Waals surface area contributed by atoms with Crippen LogP contribution in [0.4, 0.5) is 32.0 Å². The summed E-state index contributed by atoms with van der Waals surface area (Å²) < 4.78 is 104. The van der Waals surface area contributed by atoms with E-state index in [2.05, 4.69) is 0 Å². The van der Waals surface area contributed by atoms with E-state index in [1.165, 1.54) is 6.07 Å². The van der Waals surface area contributed by atoms with Crippen LogP contribution in [0.25, 0.3) is 0 Å². The Morgan fingerprint density at radius 2 is 1.56 bits per heavy atom. The van der Waals surface area contributed by atoms with E-state index in [0.717, 1.165) is 24.3 Å². The van der Waals surface area contributed by atoms with Crippen LogP contribution in [0.1, 0.15) is 42.5 Å². The first-order valence-corrected chi connectivity index (χ1v) is 12.2. The standard InChI is InChI=1S/C23H22F6N2O4S/c1-14(2)9-10-36(34,35)13-21(33,16-4-6-17(7-5-16)22(24,25)26)20(32)31-18-8-3-15(12-30)19(11-18)23(27,28)29/h3-8,11,14,33H,9-10,13H2,1-2H3,(H,31,32). The number of hydrogen-bond donors (Lipinski definition) is 2. The molecule has 0 radical (unpaired) electrons. The van der Waals surface area contributed by atoms with Crippen molar-refractivity contribution in [2.24, 2.45) is 5.92 Å². The van der Waals surface area contributed by atoms with Gasteiger partial charge in [-0.05, 0) is 48.2 Å². The molecule has 1 atom stereocenters. The van der Waals surface area contributed by atoms with Crippen LogP contribution in [0.5, 0.6) is 0 Å². The highest BCUT2D eigenvalue weighted by atomic mass is 32.2. The van der Waals surface area contributed by atoms with Crippen molar-refractivity contribution >= 4 is 21.4 Å². The molecule has 0 saturated heterocycles. The molecule has 0 aliphatic rings. The summed E-state index contributed by atoms with van der Waals surface area (Å²) in [6, 6.07) is 6.02. The molecular formula is C23H22F6N2O4S. The van der Waals surface area contributed by atoms with Gasteiger partial charge in [0.1, 0.15) is 0 Å². The smallest absolute Gasteiger partial charge is 0.374 e. The van der Waals surface area contributed by atoms with Gasteiger partial charge in [-0.3, -0.25) is 4.79 Å². The maximum Gasteiger partial charge on any atom is 0.417 e. The molecule has 2 N–H and O–H groups in total. The lowest BCUT2D eigenvalue weighted by Gasteiger charge is -2.28. The van der Waals surface area contributed by atoms with Crippen molar-refractivity contribution in [1.82, 2.24) is 0 Å². The van der Waals surface area contributed by atoms with Gasteiger partial charge in [-0.15, -0.1) is 0 Å². The largest absolute Gasteiger partial charge is 0.417 e. The molecule has 0 aliphatic heterocycles. The Kier molecular flexibility index (Phi) is 8.48. The first kappa shape index (κ1) is 29.1. The minimum absolute atomic E-state index is 0.0628. The number of nitrogens with zero attached hydrogens (tertiary/aromatic N) is 1. The number of carbonyl (C=O) groups is 1. The average Bonchev–Trinajstić information content (AvgIpc) is 2.76. The van der Waals surface area contributed by atoms with Crippen LogP contribution < -0.4 is 5.32 Å². The lowest BCUT2D eigenvalue weighted by molar-refractivity contribution is -0.138. The fourth-order valence-electron chi connectivity index (χ4n) is 3.21. The molecule has 0 fully saturated rings. The molecule has 0 aliphatic carbocycles. The van der Waals surface area contributed by atoms with Gasteiger partial charge in [0.25, 0.3) is 5.91 Å². The number of rotatable bonds is 8. The van der Waals surface area contributed by atoms with Gasteiger partial charge >= 0.3 is 12.4 Å². The van der Waals surface area contributed by atoms with E-state index in [1.54, 1.807) is 13.8 Å². The first-order chi connectivity index (χ1) is 16.4. The Bertz CT molecular complexity index is 1250. The number of benzene rings is 2. The minimum atomic E-state index is -4.96. The number of anilines is 1. The highest BCUT2D eigenvalue weighted by molar-refractivity contribution is 7.91. The molecule has 0 saturated carbocycles. The lowest BCUT2D eigenvalue weighted by atomic mass is 9.93. The summed E-state index contributed by atoms with van der Waals surface area (Å²) in [5.74, 6) is -3.22. The summed E-state index contributed by atoms with van der Waals surface area (Å²) >= 11 is 0. The Balaban J connectivity index is 2.53. The maximum absolute atomic E-state index is 13.3. The summed E-state index contributed by atoms with van der Waals surface area (Å²) in [6.45, 7) is 3.46. The summed E-state index contributed by atoms with van der Waals surface area (Å²) in [7, 11) is -4.16. The van der Waals surface area contributed by atoms with E-state index < -0.39 is 73.1 Å². The van der Waals surface area contributed by atoms with Gasteiger partial charge in [0.05, 0.1) is 34.3 Å². The molecule has 6 nitrogen and oxygen atoms in total. The molecule has 1 amide bonds.